The van der Waals surface area contributed by atoms with Gasteiger partial charge in [-0.25, -0.2) is 9.97 Å². The Morgan fingerprint density at radius 1 is 1.24 bits per heavy atom. The molecule has 3 heteroatoms. The van der Waals surface area contributed by atoms with E-state index in [4.69, 9.17) is 5.73 Å². The van der Waals surface area contributed by atoms with Gasteiger partial charge in [-0.1, -0.05) is 32.9 Å². The molecule has 3 nitrogen and oxygen atoms in total. The van der Waals surface area contributed by atoms with E-state index in [1.165, 1.54) is 17.5 Å². The summed E-state index contributed by atoms with van der Waals surface area (Å²) < 4.78 is 0. The molecule has 0 fully saturated rings. The highest BCUT2D eigenvalue weighted by Gasteiger charge is 2.29. The molecule has 1 aliphatic carbocycles. The summed E-state index contributed by atoms with van der Waals surface area (Å²) in [5.74, 6) is 1.36. The van der Waals surface area contributed by atoms with Crippen molar-refractivity contribution in [2.24, 2.45) is 0 Å². The fourth-order valence-corrected chi connectivity index (χ4v) is 3.37. The van der Waals surface area contributed by atoms with E-state index in [1.807, 2.05) is 6.92 Å². The van der Waals surface area contributed by atoms with Gasteiger partial charge >= 0.3 is 0 Å². The number of aryl methyl sites for hydroxylation is 2. The predicted molar refractivity (Wildman–Crippen MR) is 87.3 cm³/mol. The zero-order chi connectivity index (χ0) is 15.2. The fraction of sp³-hybridized carbons (Fsp3) is 0.444. The summed E-state index contributed by atoms with van der Waals surface area (Å²) in [5, 5.41) is 0. The number of fused-ring (bicyclic) bond motifs is 1. The van der Waals surface area contributed by atoms with Gasteiger partial charge in [0.1, 0.15) is 5.82 Å². The van der Waals surface area contributed by atoms with Crippen molar-refractivity contribution in [2.75, 3.05) is 5.73 Å². The van der Waals surface area contributed by atoms with E-state index in [9.17, 15) is 0 Å². The summed E-state index contributed by atoms with van der Waals surface area (Å²) in [6.07, 6.45) is 3.22. The Hall–Kier alpha value is -1.90. The Labute approximate surface area is 126 Å². The number of nitrogens with zero attached hydrogens (tertiary/aromatic N) is 2. The Bertz CT molecular complexity index is 679. The topological polar surface area (TPSA) is 51.8 Å². The maximum absolute atomic E-state index is 6.07. The number of rotatable bonds is 2. The van der Waals surface area contributed by atoms with Crippen LogP contribution in [-0.2, 0) is 18.3 Å². The summed E-state index contributed by atoms with van der Waals surface area (Å²) in [7, 11) is 0. The maximum atomic E-state index is 6.07. The zero-order valence-electron chi connectivity index (χ0n) is 13.3. The quantitative estimate of drug-likeness (QED) is 0.910. The minimum atomic E-state index is 0.287. The summed E-state index contributed by atoms with van der Waals surface area (Å²) in [4.78, 5) is 9.15. The first kappa shape index (κ1) is 14.1. The van der Waals surface area contributed by atoms with Crippen LogP contribution in [0.5, 0.6) is 0 Å². The molecule has 1 heterocycles. The molecule has 1 aromatic carbocycles. The van der Waals surface area contributed by atoms with E-state index in [2.05, 4.69) is 48.9 Å². The Balaban J connectivity index is 2.07. The van der Waals surface area contributed by atoms with Crippen molar-refractivity contribution in [1.29, 1.82) is 0 Å². The smallest absolute Gasteiger partial charge is 0.161 e. The minimum absolute atomic E-state index is 0.287. The van der Waals surface area contributed by atoms with Crippen molar-refractivity contribution >= 4 is 5.82 Å². The predicted octanol–water partition coefficient (Wildman–Crippen LogP) is 3.82. The number of hydrogen-bond acceptors (Lipinski definition) is 3. The number of aromatic nitrogens is 2. The molecule has 0 spiro atoms. The number of benzene rings is 1. The lowest BCUT2D eigenvalue weighted by atomic mass is 9.86. The fourth-order valence-electron chi connectivity index (χ4n) is 3.37. The highest BCUT2D eigenvalue weighted by atomic mass is 15.0. The van der Waals surface area contributed by atoms with Crippen LogP contribution in [0.4, 0.5) is 5.82 Å². The molecule has 0 saturated carbocycles. The van der Waals surface area contributed by atoms with Gasteiger partial charge in [0.15, 0.2) is 5.82 Å². The van der Waals surface area contributed by atoms with Crippen LogP contribution in [0.15, 0.2) is 18.2 Å². The lowest BCUT2D eigenvalue weighted by Crippen LogP contribution is -2.11. The Kier molecular flexibility index (Phi) is 3.23. The molecule has 0 radical (unpaired) electrons. The van der Waals surface area contributed by atoms with Crippen LogP contribution in [0.2, 0.25) is 0 Å². The molecule has 0 aliphatic heterocycles. The third kappa shape index (κ3) is 2.31. The van der Waals surface area contributed by atoms with Crippen LogP contribution >= 0.6 is 0 Å². The third-order valence-electron chi connectivity index (χ3n) is 4.71. The van der Waals surface area contributed by atoms with Crippen LogP contribution < -0.4 is 5.73 Å². The number of anilines is 1. The van der Waals surface area contributed by atoms with Gasteiger partial charge in [0.05, 0.1) is 0 Å². The lowest BCUT2D eigenvalue weighted by Gasteiger charge is -2.19. The van der Waals surface area contributed by atoms with Crippen molar-refractivity contribution in [1.82, 2.24) is 9.97 Å². The molecule has 3 rings (SSSR count). The molecule has 1 aromatic heterocycles. The van der Waals surface area contributed by atoms with Crippen LogP contribution in [0, 0.1) is 6.92 Å². The highest BCUT2D eigenvalue weighted by Crippen LogP contribution is 2.39. The molecule has 0 saturated heterocycles. The van der Waals surface area contributed by atoms with Crippen molar-refractivity contribution in [3.63, 3.8) is 0 Å². The average molecular weight is 281 g/mol. The number of nitrogen functional groups attached to an aromatic ring is 1. The third-order valence-corrected chi connectivity index (χ3v) is 4.71. The van der Waals surface area contributed by atoms with Crippen molar-refractivity contribution < 1.29 is 0 Å². The van der Waals surface area contributed by atoms with Gasteiger partial charge in [0.2, 0.25) is 0 Å². The molecule has 0 atom stereocenters. The van der Waals surface area contributed by atoms with Crippen molar-refractivity contribution in [3.05, 3.63) is 40.6 Å². The summed E-state index contributed by atoms with van der Waals surface area (Å²) in [5.41, 5.74) is 12.4. The molecule has 2 N–H and O–H groups in total. The van der Waals surface area contributed by atoms with Gasteiger partial charge in [0, 0.05) is 16.8 Å². The van der Waals surface area contributed by atoms with E-state index < -0.39 is 0 Å². The second kappa shape index (κ2) is 4.83. The molecule has 21 heavy (non-hydrogen) atoms. The van der Waals surface area contributed by atoms with Gasteiger partial charge in [-0.05, 0) is 48.8 Å². The van der Waals surface area contributed by atoms with Crippen molar-refractivity contribution in [2.45, 2.75) is 52.4 Å². The zero-order valence-corrected chi connectivity index (χ0v) is 13.3. The maximum Gasteiger partial charge on any atom is 0.161 e. The van der Waals surface area contributed by atoms with E-state index >= 15 is 0 Å². The monoisotopic (exact) mass is 281 g/mol. The van der Waals surface area contributed by atoms with Crippen LogP contribution in [-0.4, -0.2) is 9.97 Å². The molecule has 110 valence electrons. The van der Waals surface area contributed by atoms with Gasteiger partial charge < -0.3 is 5.73 Å². The first-order valence-electron chi connectivity index (χ1n) is 7.69. The van der Waals surface area contributed by atoms with Crippen LogP contribution in [0.3, 0.4) is 0 Å². The lowest BCUT2D eigenvalue weighted by molar-refractivity contribution is 0.522. The molecule has 0 unspecified atom stereocenters. The Morgan fingerprint density at radius 3 is 2.67 bits per heavy atom. The highest BCUT2D eigenvalue weighted by molar-refractivity contribution is 5.62. The molecule has 0 amide bonds. The van der Waals surface area contributed by atoms with E-state index in [-0.39, 0.29) is 5.41 Å². The largest absolute Gasteiger partial charge is 0.383 e. The van der Waals surface area contributed by atoms with Gasteiger partial charge in [0.25, 0.3) is 0 Å². The Morgan fingerprint density at radius 2 is 2.00 bits per heavy atom. The standard InChI is InChI=1S/C18H23N3/c1-5-14-11(2)20-17(21-16(14)19)13-6-7-15-12(10-13)8-9-18(15,3)4/h6-7,10H,5,8-9H2,1-4H3,(H2,19,20,21). The summed E-state index contributed by atoms with van der Waals surface area (Å²) in [6, 6.07) is 6.61. The first-order valence-corrected chi connectivity index (χ1v) is 7.69. The summed E-state index contributed by atoms with van der Waals surface area (Å²) >= 11 is 0. The van der Waals surface area contributed by atoms with E-state index in [1.54, 1.807) is 0 Å². The van der Waals surface area contributed by atoms with Gasteiger partial charge in [-0.2, -0.15) is 0 Å². The second-order valence-electron chi connectivity index (χ2n) is 6.61. The van der Waals surface area contributed by atoms with Crippen LogP contribution in [0.25, 0.3) is 11.4 Å². The number of nitrogens with two attached hydrogens (primary N) is 1. The van der Waals surface area contributed by atoms with Crippen molar-refractivity contribution in [3.8, 4) is 11.4 Å². The molecular weight excluding hydrogens is 258 g/mol. The number of hydrogen-bond donors (Lipinski definition) is 1. The minimum Gasteiger partial charge on any atom is -0.383 e. The van der Waals surface area contributed by atoms with Crippen LogP contribution in [0.1, 0.15) is 49.6 Å². The first-order chi connectivity index (χ1) is 9.92. The summed E-state index contributed by atoms with van der Waals surface area (Å²) in [6.45, 7) is 8.72. The molecule has 0 bridgehead atoms. The van der Waals surface area contributed by atoms with Gasteiger partial charge in [-0.3, -0.25) is 0 Å². The molecular formula is C18H23N3. The molecule has 2 aromatic rings. The van der Waals surface area contributed by atoms with E-state index in [0.717, 1.165) is 35.5 Å². The molecule has 1 aliphatic rings. The van der Waals surface area contributed by atoms with E-state index in [0.29, 0.717) is 5.82 Å². The SMILES string of the molecule is CCc1c(C)nc(-c2ccc3c(c2)CCC3(C)C)nc1N. The average Bonchev–Trinajstić information content (AvgIpc) is 2.74. The second-order valence-corrected chi connectivity index (χ2v) is 6.61. The van der Waals surface area contributed by atoms with Gasteiger partial charge in [-0.15, -0.1) is 0 Å². The normalized spacial score (nSPS) is 16.0.